The molecule has 0 unspecified atom stereocenters. The molecule has 0 rings (SSSR count). The van der Waals surface area contributed by atoms with E-state index >= 15 is 0 Å². The second-order valence-corrected chi connectivity index (χ2v) is 3.54. The minimum absolute atomic E-state index is 0.0463. The summed E-state index contributed by atoms with van der Waals surface area (Å²) in [6.07, 6.45) is -6.19. The van der Waals surface area contributed by atoms with Gasteiger partial charge in [0.2, 0.25) is 6.29 Å². The lowest BCUT2D eigenvalue weighted by atomic mass is 10.2. The fourth-order valence-electron chi connectivity index (χ4n) is 0.497. The summed E-state index contributed by atoms with van der Waals surface area (Å²) >= 11 is 0. The molecule has 0 aromatic heterocycles. The van der Waals surface area contributed by atoms with Crippen LogP contribution in [0.15, 0.2) is 0 Å². The van der Waals surface area contributed by atoms with Crippen LogP contribution >= 0.6 is 0 Å². The SMILES string of the molecule is CC(=O)CCC(=O)O.O=C(O)CCC(=O)O.O=CC(F)(F)F.OO. The van der Waals surface area contributed by atoms with Crippen molar-refractivity contribution in [3.8, 4) is 0 Å². The summed E-state index contributed by atoms with van der Waals surface area (Å²) in [5.41, 5.74) is 0. The number of rotatable bonds is 6. The molecule has 0 saturated heterocycles. The van der Waals surface area contributed by atoms with E-state index in [1.54, 1.807) is 0 Å². The average Bonchev–Trinajstić information content (AvgIpc) is 2.45. The zero-order valence-electron chi connectivity index (χ0n) is 12.3. The largest absolute Gasteiger partial charge is 0.481 e. The molecule has 0 saturated carbocycles. The molecule has 13 heteroatoms. The Morgan fingerprint density at radius 3 is 1.08 bits per heavy atom. The van der Waals surface area contributed by atoms with Gasteiger partial charge in [0.15, 0.2) is 0 Å². The molecule has 0 aliphatic heterocycles. The number of carbonyl (C=O) groups excluding carboxylic acids is 2. The highest BCUT2D eigenvalue weighted by atomic mass is 19.4. The van der Waals surface area contributed by atoms with E-state index in [2.05, 4.69) is 0 Å². The Kier molecular flexibility index (Phi) is 22.7. The maximum Gasteiger partial charge on any atom is 0.446 e. The first-order chi connectivity index (χ1) is 10.8. The quantitative estimate of drug-likeness (QED) is 0.259. The molecule has 0 fully saturated rings. The molecule has 0 atom stereocenters. The van der Waals surface area contributed by atoms with Crippen LogP contribution in [-0.4, -0.2) is 62.0 Å². The Hall–Kier alpha value is -2.54. The molecule has 10 nitrogen and oxygen atoms in total. The Morgan fingerprint density at radius 2 is 1.00 bits per heavy atom. The fourth-order valence-corrected chi connectivity index (χ4v) is 0.497. The summed E-state index contributed by atoms with van der Waals surface area (Å²) < 4.78 is 31.2. The number of carboxylic acids is 3. The van der Waals surface area contributed by atoms with Gasteiger partial charge in [-0.2, -0.15) is 13.2 Å². The van der Waals surface area contributed by atoms with Gasteiger partial charge in [-0.3, -0.25) is 29.7 Å². The zero-order valence-corrected chi connectivity index (χ0v) is 12.3. The highest BCUT2D eigenvalue weighted by molar-refractivity contribution is 5.80. The Morgan fingerprint density at radius 1 is 0.792 bits per heavy atom. The summed E-state index contributed by atoms with van der Waals surface area (Å²) in [6, 6.07) is 0. The van der Waals surface area contributed by atoms with Gasteiger partial charge in [0.05, 0.1) is 19.3 Å². The van der Waals surface area contributed by atoms with Crippen LogP contribution in [0.5, 0.6) is 0 Å². The van der Waals surface area contributed by atoms with E-state index < -0.39 is 30.4 Å². The maximum atomic E-state index is 10.4. The first kappa shape index (κ1) is 29.5. The first-order valence-electron chi connectivity index (χ1n) is 5.69. The minimum Gasteiger partial charge on any atom is -0.481 e. The van der Waals surface area contributed by atoms with Crippen LogP contribution < -0.4 is 0 Å². The Bertz CT molecular complexity index is 336. The van der Waals surface area contributed by atoms with Crippen molar-refractivity contribution in [1.29, 1.82) is 0 Å². The third-order valence-corrected chi connectivity index (χ3v) is 1.38. The van der Waals surface area contributed by atoms with E-state index in [9.17, 15) is 32.3 Å². The molecule has 5 N–H and O–H groups in total. The van der Waals surface area contributed by atoms with Gasteiger partial charge in [0.1, 0.15) is 5.78 Å². The second-order valence-electron chi connectivity index (χ2n) is 3.54. The van der Waals surface area contributed by atoms with Crippen LogP contribution in [0.1, 0.15) is 32.6 Å². The number of carboxylic acid groups (broad SMARTS) is 3. The van der Waals surface area contributed by atoms with Gasteiger partial charge in [0.25, 0.3) is 0 Å². The third-order valence-electron chi connectivity index (χ3n) is 1.38. The molecular formula is C11H17F3O10. The van der Waals surface area contributed by atoms with Crippen molar-refractivity contribution >= 4 is 30.0 Å². The van der Waals surface area contributed by atoms with Gasteiger partial charge < -0.3 is 20.1 Å². The van der Waals surface area contributed by atoms with Crippen LogP contribution in [0.25, 0.3) is 0 Å². The van der Waals surface area contributed by atoms with Crippen LogP contribution in [0, 0.1) is 0 Å². The van der Waals surface area contributed by atoms with Crippen molar-refractivity contribution in [1.82, 2.24) is 0 Å². The zero-order chi connectivity index (χ0) is 20.3. The standard InChI is InChI=1S/C5H8O3.C4H6O4.C2HF3O.H2O2/c1-4(6)2-3-5(7)8;5-3(6)1-2-4(7)8;3-2(4,5)1-6;1-2/h2-3H2,1H3,(H,7,8);1-2H2,(H,5,6)(H,7,8);1H;1-2H. The smallest absolute Gasteiger partial charge is 0.446 e. The van der Waals surface area contributed by atoms with Crippen LogP contribution in [-0.2, 0) is 24.0 Å². The van der Waals surface area contributed by atoms with Crippen molar-refractivity contribution in [2.24, 2.45) is 0 Å². The van der Waals surface area contributed by atoms with Gasteiger partial charge in [-0.05, 0) is 6.92 Å². The molecule has 0 aromatic rings. The van der Waals surface area contributed by atoms with E-state index in [0.717, 1.165) is 0 Å². The Balaban J connectivity index is -0.000000120. The van der Waals surface area contributed by atoms with Crippen molar-refractivity contribution in [3.05, 3.63) is 0 Å². The average molecular weight is 366 g/mol. The topological polar surface area (TPSA) is 186 Å². The third kappa shape index (κ3) is 60.6. The summed E-state index contributed by atoms with van der Waals surface area (Å²) in [5, 5.41) is 35.8. The number of halogens is 3. The lowest BCUT2D eigenvalue weighted by molar-refractivity contribution is -0.176. The van der Waals surface area contributed by atoms with E-state index in [4.69, 9.17) is 30.6 Å². The van der Waals surface area contributed by atoms with E-state index in [0.29, 0.717) is 0 Å². The molecule has 0 aliphatic carbocycles. The fraction of sp³-hybridized carbons (Fsp3) is 0.545. The van der Waals surface area contributed by atoms with Crippen molar-refractivity contribution < 1.29 is 63.0 Å². The van der Waals surface area contributed by atoms with E-state index in [1.165, 1.54) is 6.92 Å². The summed E-state index contributed by atoms with van der Waals surface area (Å²) in [6.45, 7) is 1.38. The van der Waals surface area contributed by atoms with Gasteiger partial charge in [0, 0.05) is 6.42 Å². The molecule has 0 aromatic carbocycles. The van der Waals surface area contributed by atoms with Crippen molar-refractivity contribution in [2.75, 3.05) is 0 Å². The molecule has 0 amide bonds. The molecule has 0 spiro atoms. The van der Waals surface area contributed by atoms with Gasteiger partial charge >= 0.3 is 24.1 Å². The van der Waals surface area contributed by atoms with E-state index in [1.807, 2.05) is 0 Å². The molecule has 142 valence electrons. The summed E-state index contributed by atoms with van der Waals surface area (Å²) in [4.78, 5) is 47.8. The summed E-state index contributed by atoms with van der Waals surface area (Å²) in [7, 11) is 0. The van der Waals surface area contributed by atoms with Crippen molar-refractivity contribution in [3.63, 3.8) is 0 Å². The van der Waals surface area contributed by atoms with Crippen LogP contribution in [0.4, 0.5) is 13.2 Å². The predicted molar refractivity (Wildman–Crippen MR) is 69.4 cm³/mol. The number of carbonyl (C=O) groups is 5. The van der Waals surface area contributed by atoms with Crippen LogP contribution in [0.3, 0.4) is 0 Å². The van der Waals surface area contributed by atoms with Crippen molar-refractivity contribution in [2.45, 2.75) is 38.8 Å². The Labute approximate surface area is 133 Å². The lowest BCUT2D eigenvalue weighted by Crippen LogP contribution is -2.07. The molecule has 0 bridgehead atoms. The summed E-state index contributed by atoms with van der Waals surface area (Å²) in [5.74, 6) is -3.15. The molecule has 0 radical (unpaired) electrons. The number of aliphatic carboxylic acids is 3. The number of Topliss-reactive ketones (excluding diaryl/α,β-unsaturated/α-hetero) is 1. The highest BCUT2D eigenvalue weighted by Crippen LogP contribution is 2.08. The van der Waals surface area contributed by atoms with Crippen LogP contribution in [0.2, 0.25) is 0 Å². The lowest BCUT2D eigenvalue weighted by Gasteiger charge is -1.87. The second kappa shape index (κ2) is 18.5. The normalized spacial score (nSPS) is 8.75. The van der Waals surface area contributed by atoms with E-state index in [-0.39, 0.29) is 31.5 Å². The molecule has 24 heavy (non-hydrogen) atoms. The number of hydrogen-bond donors (Lipinski definition) is 5. The minimum atomic E-state index is -4.64. The molecule has 0 heterocycles. The molecule has 0 aliphatic rings. The highest BCUT2D eigenvalue weighted by Gasteiger charge is 2.24. The number of alkyl halides is 3. The monoisotopic (exact) mass is 366 g/mol. The predicted octanol–water partition coefficient (Wildman–Crippen LogP) is 1.14. The first-order valence-corrected chi connectivity index (χ1v) is 5.69. The van der Waals surface area contributed by atoms with Gasteiger partial charge in [-0.25, -0.2) is 0 Å². The van der Waals surface area contributed by atoms with Gasteiger partial charge in [-0.15, -0.1) is 0 Å². The number of hydrogen-bond acceptors (Lipinski definition) is 7. The molecular weight excluding hydrogens is 349 g/mol. The number of ketones is 1. The maximum absolute atomic E-state index is 10.4. The number of aldehydes is 1. The van der Waals surface area contributed by atoms with Gasteiger partial charge in [-0.1, -0.05) is 0 Å².